The van der Waals surface area contributed by atoms with E-state index in [1.165, 1.54) is 35.6 Å². The molecule has 0 spiro atoms. The first-order chi connectivity index (χ1) is 7.84. The van der Waals surface area contributed by atoms with Crippen LogP contribution >= 0.6 is 15.9 Å². The van der Waals surface area contributed by atoms with Crippen LogP contribution in [0.2, 0.25) is 0 Å². The van der Waals surface area contributed by atoms with Gasteiger partial charge in [-0.15, -0.1) is 0 Å². The standard InChI is InChI=1S/C14H14BrN/c15-12-6-5-10(7-12)14-9-16-8-11-3-1-2-4-13(11)14/h1-4,8-10,12H,5-7H2. The summed E-state index contributed by atoms with van der Waals surface area (Å²) in [7, 11) is 0. The SMILES string of the molecule is BrC1CCC(c2cncc3ccccc23)C1. The Morgan fingerprint density at radius 3 is 2.81 bits per heavy atom. The van der Waals surface area contributed by atoms with Crippen molar-refractivity contribution in [2.75, 3.05) is 0 Å². The molecular formula is C14H14BrN. The first-order valence-electron chi connectivity index (χ1n) is 5.81. The van der Waals surface area contributed by atoms with E-state index in [0.29, 0.717) is 10.7 Å². The number of pyridine rings is 1. The lowest BCUT2D eigenvalue weighted by molar-refractivity contribution is 0.728. The van der Waals surface area contributed by atoms with Crippen LogP contribution in [-0.2, 0) is 0 Å². The van der Waals surface area contributed by atoms with Gasteiger partial charge >= 0.3 is 0 Å². The molecule has 0 radical (unpaired) electrons. The fraction of sp³-hybridized carbons (Fsp3) is 0.357. The van der Waals surface area contributed by atoms with Crippen molar-refractivity contribution in [3.05, 3.63) is 42.2 Å². The average molecular weight is 276 g/mol. The fourth-order valence-electron chi connectivity index (χ4n) is 2.67. The number of hydrogen-bond donors (Lipinski definition) is 0. The van der Waals surface area contributed by atoms with Crippen molar-refractivity contribution in [1.29, 1.82) is 0 Å². The molecule has 1 nitrogen and oxygen atoms in total. The maximum Gasteiger partial charge on any atom is 0.0346 e. The van der Waals surface area contributed by atoms with E-state index in [9.17, 15) is 0 Å². The van der Waals surface area contributed by atoms with Crippen LogP contribution in [0.3, 0.4) is 0 Å². The highest BCUT2D eigenvalue weighted by atomic mass is 79.9. The van der Waals surface area contributed by atoms with Gasteiger partial charge in [0.05, 0.1) is 0 Å². The predicted molar refractivity (Wildman–Crippen MR) is 71.1 cm³/mol. The van der Waals surface area contributed by atoms with Crippen molar-refractivity contribution in [2.45, 2.75) is 30.0 Å². The molecule has 2 heteroatoms. The molecule has 1 aromatic heterocycles. The van der Waals surface area contributed by atoms with Gasteiger partial charge in [0.25, 0.3) is 0 Å². The third-order valence-electron chi connectivity index (χ3n) is 3.51. The van der Waals surface area contributed by atoms with Gasteiger partial charge in [0.1, 0.15) is 0 Å². The first-order valence-corrected chi connectivity index (χ1v) is 6.73. The molecule has 2 unspecified atom stereocenters. The molecule has 0 amide bonds. The van der Waals surface area contributed by atoms with E-state index in [1.54, 1.807) is 0 Å². The smallest absolute Gasteiger partial charge is 0.0346 e. The maximum atomic E-state index is 4.37. The topological polar surface area (TPSA) is 12.9 Å². The van der Waals surface area contributed by atoms with Gasteiger partial charge in [-0.05, 0) is 36.1 Å². The second-order valence-electron chi connectivity index (χ2n) is 4.56. The minimum Gasteiger partial charge on any atom is -0.264 e. The van der Waals surface area contributed by atoms with Crippen LogP contribution in [0.5, 0.6) is 0 Å². The lowest BCUT2D eigenvalue weighted by atomic mass is 9.94. The molecule has 1 saturated carbocycles. The Morgan fingerprint density at radius 1 is 1.12 bits per heavy atom. The lowest BCUT2D eigenvalue weighted by Gasteiger charge is -2.12. The number of fused-ring (bicyclic) bond motifs is 1. The average Bonchev–Trinajstić information content (AvgIpc) is 2.75. The summed E-state index contributed by atoms with van der Waals surface area (Å²) in [6, 6.07) is 8.56. The molecule has 2 atom stereocenters. The second-order valence-corrected chi connectivity index (χ2v) is 5.85. The molecule has 0 bridgehead atoms. The Bertz CT molecular complexity index is 504. The largest absolute Gasteiger partial charge is 0.264 e. The van der Waals surface area contributed by atoms with Crippen LogP contribution in [0.25, 0.3) is 10.8 Å². The molecule has 1 fully saturated rings. The second kappa shape index (κ2) is 4.17. The Balaban J connectivity index is 2.09. The monoisotopic (exact) mass is 275 g/mol. The Labute approximate surface area is 104 Å². The first kappa shape index (κ1) is 10.3. The number of aromatic nitrogens is 1. The minimum atomic E-state index is 0.683. The summed E-state index contributed by atoms with van der Waals surface area (Å²) in [5, 5.41) is 2.64. The molecule has 0 N–H and O–H groups in total. The Kier molecular flexibility index (Phi) is 2.68. The molecule has 0 saturated heterocycles. The van der Waals surface area contributed by atoms with Gasteiger partial charge in [0.2, 0.25) is 0 Å². The summed E-state index contributed by atoms with van der Waals surface area (Å²) < 4.78 is 0. The molecule has 0 aliphatic heterocycles. The lowest BCUT2D eigenvalue weighted by Crippen LogP contribution is -1.96. The van der Waals surface area contributed by atoms with E-state index in [-0.39, 0.29) is 0 Å². The van der Waals surface area contributed by atoms with Gasteiger partial charge < -0.3 is 0 Å². The molecule has 1 aromatic carbocycles. The molecular weight excluding hydrogens is 262 g/mol. The zero-order chi connectivity index (χ0) is 11.0. The Hall–Kier alpha value is -0.890. The maximum absolute atomic E-state index is 4.37. The minimum absolute atomic E-state index is 0.683. The number of hydrogen-bond acceptors (Lipinski definition) is 1. The van der Waals surface area contributed by atoms with E-state index < -0.39 is 0 Å². The van der Waals surface area contributed by atoms with E-state index in [4.69, 9.17) is 0 Å². The van der Waals surface area contributed by atoms with Crippen molar-refractivity contribution >= 4 is 26.7 Å². The zero-order valence-corrected chi connectivity index (χ0v) is 10.7. The van der Waals surface area contributed by atoms with E-state index in [0.717, 1.165) is 0 Å². The Morgan fingerprint density at radius 2 is 2.00 bits per heavy atom. The van der Waals surface area contributed by atoms with Crippen LogP contribution in [0.1, 0.15) is 30.7 Å². The number of alkyl halides is 1. The van der Waals surface area contributed by atoms with Gasteiger partial charge in [-0.3, -0.25) is 4.98 Å². The van der Waals surface area contributed by atoms with Gasteiger partial charge in [0.15, 0.2) is 0 Å². The van der Waals surface area contributed by atoms with Crippen molar-refractivity contribution in [1.82, 2.24) is 4.98 Å². The highest BCUT2D eigenvalue weighted by molar-refractivity contribution is 9.09. The van der Waals surface area contributed by atoms with Crippen molar-refractivity contribution in [3.8, 4) is 0 Å². The van der Waals surface area contributed by atoms with Gasteiger partial charge in [0, 0.05) is 22.6 Å². The summed E-state index contributed by atoms with van der Waals surface area (Å²) >= 11 is 3.72. The van der Waals surface area contributed by atoms with Crippen molar-refractivity contribution in [2.24, 2.45) is 0 Å². The quantitative estimate of drug-likeness (QED) is 0.709. The van der Waals surface area contributed by atoms with Crippen molar-refractivity contribution in [3.63, 3.8) is 0 Å². The van der Waals surface area contributed by atoms with E-state index in [2.05, 4.69) is 51.4 Å². The fourth-order valence-corrected chi connectivity index (χ4v) is 3.39. The highest BCUT2D eigenvalue weighted by Gasteiger charge is 2.25. The third kappa shape index (κ3) is 1.75. The van der Waals surface area contributed by atoms with Crippen LogP contribution in [0.4, 0.5) is 0 Å². The third-order valence-corrected chi connectivity index (χ3v) is 4.34. The van der Waals surface area contributed by atoms with Crippen LogP contribution in [0, 0.1) is 0 Å². The predicted octanol–water partition coefficient (Wildman–Crippen LogP) is 4.27. The molecule has 3 rings (SSSR count). The number of halogens is 1. The molecule has 2 aromatic rings. The number of benzene rings is 1. The van der Waals surface area contributed by atoms with Gasteiger partial charge in [-0.2, -0.15) is 0 Å². The molecule has 1 aliphatic carbocycles. The van der Waals surface area contributed by atoms with Crippen LogP contribution in [-0.4, -0.2) is 9.81 Å². The van der Waals surface area contributed by atoms with Gasteiger partial charge in [-0.1, -0.05) is 40.2 Å². The van der Waals surface area contributed by atoms with E-state index >= 15 is 0 Å². The molecule has 1 aliphatic rings. The molecule has 16 heavy (non-hydrogen) atoms. The van der Waals surface area contributed by atoms with Crippen LogP contribution < -0.4 is 0 Å². The van der Waals surface area contributed by atoms with Crippen molar-refractivity contribution < 1.29 is 0 Å². The summed E-state index contributed by atoms with van der Waals surface area (Å²) in [5.74, 6) is 0.683. The number of nitrogens with zero attached hydrogens (tertiary/aromatic N) is 1. The summed E-state index contributed by atoms with van der Waals surface area (Å²) in [5.41, 5.74) is 1.43. The van der Waals surface area contributed by atoms with E-state index in [1.807, 2.05) is 6.20 Å². The highest BCUT2D eigenvalue weighted by Crippen LogP contribution is 2.39. The van der Waals surface area contributed by atoms with Gasteiger partial charge in [-0.25, -0.2) is 0 Å². The molecule has 82 valence electrons. The molecule has 1 heterocycles. The summed E-state index contributed by atoms with van der Waals surface area (Å²) in [4.78, 5) is 5.06. The summed E-state index contributed by atoms with van der Waals surface area (Å²) in [6.07, 6.45) is 7.83. The number of rotatable bonds is 1. The normalized spacial score (nSPS) is 25.1. The van der Waals surface area contributed by atoms with Crippen LogP contribution in [0.15, 0.2) is 36.7 Å². The zero-order valence-electron chi connectivity index (χ0n) is 9.07. The summed E-state index contributed by atoms with van der Waals surface area (Å²) in [6.45, 7) is 0.